The lowest BCUT2D eigenvalue weighted by Gasteiger charge is -2.31. The van der Waals surface area contributed by atoms with Gasteiger partial charge in [0.05, 0.1) is 6.61 Å². The van der Waals surface area contributed by atoms with E-state index in [9.17, 15) is 9.18 Å². The Labute approximate surface area is 161 Å². The van der Waals surface area contributed by atoms with E-state index in [1.165, 1.54) is 12.1 Å². The van der Waals surface area contributed by atoms with Crippen molar-refractivity contribution in [2.24, 2.45) is 5.92 Å². The lowest BCUT2D eigenvalue weighted by molar-refractivity contribution is -0.134. The molecule has 0 saturated carbocycles. The van der Waals surface area contributed by atoms with E-state index in [1.54, 1.807) is 11.0 Å². The van der Waals surface area contributed by atoms with Crippen molar-refractivity contribution in [3.63, 3.8) is 0 Å². The summed E-state index contributed by atoms with van der Waals surface area (Å²) in [5, 5.41) is 0. The first-order valence-electron chi connectivity index (χ1n) is 8.65. The van der Waals surface area contributed by atoms with Gasteiger partial charge in [-0.2, -0.15) is 0 Å². The van der Waals surface area contributed by atoms with Crippen molar-refractivity contribution >= 4 is 21.8 Å². The molecular weight excluding hydrogens is 401 g/mol. The van der Waals surface area contributed by atoms with Crippen LogP contribution in [0.3, 0.4) is 0 Å². The molecule has 1 aliphatic heterocycles. The van der Waals surface area contributed by atoms with Gasteiger partial charge in [0.1, 0.15) is 5.75 Å². The molecule has 4 nitrogen and oxygen atoms in total. The zero-order valence-corrected chi connectivity index (χ0v) is 16.0. The summed E-state index contributed by atoms with van der Waals surface area (Å²) in [4.78, 5) is 14.0. The Bertz CT molecular complexity index is 733. The van der Waals surface area contributed by atoms with Crippen LogP contribution in [0.2, 0.25) is 0 Å². The summed E-state index contributed by atoms with van der Waals surface area (Å²) in [6.07, 6.45) is 1.79. The molecule has 1 aliphatic rings. The Balaban J connectivity index is 1.40. The molecule has 0 radical (unpaired) electrons. The summed E-state index contributed by atoms with van der Waals surface area (Å²) in [5.41, 5.74) is 0. The quantitative estimate of drug-likeness (QED) is 0.698. The Morgan fingerprint density at radius 3 is 2.54 bits per heavy atom. The van der Waals surface area contributed by atoms with Crippen LogP contribution in [0.4, 0.5) is 4.39 Å². The molecule has 0 unspecified atom stereocenters. The molecule has 1 saturated heterocycles. The van der Waals surface area contributed by atoms with E-state index in [4.69, 9.17) is 9.47 Å². The number of piperidine rings is 1. The second-order valence-electron chi connectivity index (χ2n) is 6.31. The molecule has 6 heteroatoms. The summed E-state index contributed by atoms with van der Waals surface area (Å²) in [6, 6.07) is 14.3. The number of amides is 1. The number of likely N-dealkylation sites (tertiary alicyclic amines) is 1. The van der Waals surface area contributed by atoms with Crippen LogP contribution in [-0.4, -0.2) is 37.1 Å². The summed E-state index contributed by atoms with van der Waals surface area (Å²) >= 11 is 3.19. The van der Waals surface area contributed by atoms with Gasteiger partial charge in [0.2, 0.25) is 0 Å². The molecule has 138 valence electrons. The maximum atomic E-state index is 13.7. The summed E-state index contributed by atoms with van der Waals surface area (Å²) in [6.45, 7) is 1.86. The molecule has 2 aromatic carbocycles. The molecule has 1 heterocycles. The first-order valence-corrected chi connectivity index (χ1v) is 9.44. The lowest BCUT2D eigenvalue weighted by Crippen LogP contribution is -2.42. The van der Waals surface area contributed by atoms with Crippen molar-refractivity contribution in [2.45, 2.75) is 12.8 Å². The van der Waals surface area contributed by atoms with Crippen molar-refractivity contribution in [3.8, 4) is 11.5 Å². The van der Waals surface area contributed by atoms with Gasteiger partial charge in [-0.1, -0.05) is 34.1 Å². The van der Waals surface area contributed by atoms with Gasteiger partial charge >= 0.3 is 0 Å². The number of nitrogens with zero attached hydrogens (tertiary/aromatic N) is 1. The molecule has 0 aliphatic carbocycles. The largest absolute Gasteiger partial charge is 0.493 e. The fraction of sp³-hybridized carbons (Fsp3) is 0.350. The van der Waals surface area contributed by atoms with Crippen LogP contribution in [0.15, 0.2) is 53.0 Å². The van der Waals surface area contributed by atoms with Crippen molar-refractivity contribution in [3.05, 3.63) is 58.8 Å². The first-order chi connectivity index (χ1) is 12.6. The van der Waals surface area contributed by atoms with E-state index >= 15 is 0 Å². The maximum Gasteiger partial charge on any atom is 0.260 e. The van der Waals surface area contributed by atoms with Crippen molar-refractivity contribution in [1.29, 1.82) is 0 Å². The third kappa shape index (κ3) is 5.21. The van der Waals surface area contributed by atoms with Gasteiger partial charge in [0.25, 0.3) is 5.91 Å². The molecule has 1 amide bonds. The van der Waals surface area contributed by atoms with E-state index < -0.39 is 5.82 Å². The van der Waals surface area contributed by atoms with Crippen LogP contribution in [0.25, 0.3) is 0 Å². The second kappa shape index (κ2) is 9.03. The van der Waals surface area contributed by atoms with Gasteiger partial charge in [-0.05, 0) is 49.1 Å². The average Bonchev–Trinajstić information content (AvgIpc) is 2.67. The molecule has 26 heavy (non-hydrogen) atoms. The number of benzene rings is 2. The van der Waals surface area contributed by atoms with Gasteiger partial charge in [-0.3, -0.25) is 4.79 Å². The number of rotatable bonds is 6. The van der Waals surface area contributed by atoms with Gasteiger partial charge in [-0.25, -0.2) is 4.39 Å². The molecule has 0 aromatic heterocycles. The van der Waals surface area contributed by atoms with E-state index in [0.29, 0.717) is 30.1 Å². The molecule has 0 atom stereocenters. The number of ether oxygens (including phenoxy) is 2. The lowest BCUT2D eigenvalue weighted by atomic mass is 9.98. The smallest absolute Gasteiger partial charge is 0.260 e. The number of carbonyl (C=O) groups excluding carboxylic acids is 1. The molecule has 0 spiro atoms. The highest BCUT2D eigenvalue weighted by molar-refractivity contribution is 9.10. The standard InChI is InChI=1S/C20H21BrFNO3/c21-16-6-7-19(18(22)12-16)26-14-20(24)23-10-8-15(9-11-23)13-25-17-4-2-1-3-5-17/h1-7,12,15H,8-11,13-14H2. The third-order valence-electron chi connectivity index (χ3n) is 4.44. The Morgan fingerprint density at radius 2 is 1.85 bits per heavy atom. The van der Waals surface area contributed by atoms with E-state index in [2.05, 4.69) is 15.9 Å². The number of carbonyl (C=O) groups is 1. The van der Waals surface area contributed by atoms with Gasteiger partial charge in [-0.15, -0.1) is 0 Å². The number of hydrogen-bond acceptors (Lipinski definition) is 3. The van der Waals surface area contributed by atoms with Crippen LogP contribution < -0.4 is 9.47 Å². The molecule has 0 N–H and O–H groups in total. The first kappa shape index (κ1) is 18.7. The van der Waals surface area contributed by atoms with Crippen LogP contribution in [-0.2, 0) is 4.79 Å². The highest BCUT2D eigenvalue weighted by Crippen LogP contribution is 2.22. The van der Waals surface area contributed by atoms with Crippen molar-refractivity contribution < 1.29 is 18.7 Å². The Hall–Kier alpha value is -2.08. The molecule has 0 bridgehead atoms. The molecule has 1 fully saturated rings. The predicted octanol–water partition coefficient (Wildman–Crippen LogP) is 4.28. The van der Waals surface area contributed by atoms with Crippen LogP contribution in [0, 0.1) is 11.7 Å². The zero-order chi connectivity index (χ0) is 18.4. The van der Waals surface area contributed by atoms with Crippen LogP contribution in [0.1, 0.15) is 12.8 Å². The Kier molecular flexibility index (Phi) is 6.50. The molecular formula is C20H21BrFNO3. The van der Waals surface area contributed by atoms with Gasteiger partial charge in [0.15, 0.2) is 18.2 Å². The third-order valence-corrected chi connectivity index (χ3v) is 4.93. The summed E-state index contributed by atoms with van der Waals surface area (Å²) < 4.78 is 25.5. The van der Waals surface area contributed by atoms with Gasteiger partial charge in [0, 0.05) is 17.6 Å². The number of para-hydroxylation sites is 1. The highest BCUT2D eigenvalue weighted by Gasteiger charge is 2.23. The summed E-state index contributed by atoms with van der Waals surface area (Å²) in [5.74, 6) is 0.798. The fourth-order valence-electron chi connectivity index (χ4n) is 2.90. The average molecular weight is 422 g/mol. The Morgan fingerprint density at radius 1 is 1.12 bits per heavy atom. The minimum atomic E-state index is -0.482. The normalized spacial score (nSPS) is 14.9. The minimum Gasteiger partial charge on any atom is -0.493 e. The van der Waals surface area contributed by atoms with Crippen molar-refractivity contribution in [2.75, 3.05) is 26.3 Å². The van der Waals surface area contributed by atoms with Crippen LogP contribution in [0.5, 0.6) is 11.5 Å². The second-order valence-corrected chi connectivity index (χ2v) is 7.23. The topological polar surface area (TPSA) is 38.8 Å². The number of halogens is 2. The maximum absolute atomic E-state index is 13.7. The van der Waals surface area contributed by atoms with Gasteiger partial charge < -0.3 is 14.4 Å². The monoisotopic (exact) mass is 421 g/mol. The fourth-order valence-corrected chi connectivity index (χ4v) is 3.24. The van der Waals surface area contributed by atoms with E-state index in [0.717, 1.165) is 18.6 Å². The number of hydrogen-bond donors (Lipinski definition) is 0. The highest BCUT2D eigenvalue weighted by atomic mass is 79.9. The predicted molar refractivity (Wildman–Crippen MR) is 101 cm³/mol. The van der Waals surface area contributed by atoms with Crippen LogP contribution >= 0.6 is 15.9 Å². The van der Waals surface area contributed by atoms with E-state index in [-0.39, 0.29) is 18.3 Å². The minimum absolute atomic E-state index is 0.0905. The summed E-state index contributed by atoms with van der Waals surface area (Å²) in [7, 11) is 0. The SMILES string of the molecule is O=C(COc1ccc(Br)cc1F)N1CCC(COc2ccccc2)CC1. The van der Waals surface area contributed by atoms with E-state index in [1.807, 2.05) is 30.3 Å². The molecule has 3 rings (SSSR count). The molecule has 2 aromatic rings. The van der Waals surface area contributed by atoms with Crippen molar-refractivity contribution in [1.82, 2.24) is 4.90 Å². The zero-order valence-electron chi connectivity index (χ0n) is 14.4.